The summed E-state index contributed by atoms with van der Waals surface area (Å²) >= 11 is 5.76. The minimum absolute atomic E-state index is 0.266. The topological polar surface area (TPSA) is 24.4 Å². The van der Waals surface area contributed by atoms with E-state index in [9.17, 15) is 0 Å². The molecule has 0 saturated carbocycles. The van der Waals surface area contributed by atoms with Gasteiger partial charge in [0.05, 0.1) is 12.4 Å². The first-order chi connectivity index (χ1) is 5.86. The molecule has 0 amide bonds. The second kappa shape index (κ2) is 3.15. The molecule has 1 aliphatic heterocycles. The van der Waals surface area contributed by atoms with Gasteiger partial charge in [0.1, 0.15) is 0 Å². The van der Waals surface area contributed by atoms with Crippen LogP contribution in [-0.2, 0) is 0 Å². The molecular weight excluding hydrogens is 172 g/mol. The molecule has 0 radical (unpaired) electrons. The average molecular weight is 181 g/mol. The largest absolute Gasteiger partial charge is 0.374 e. The first-order valence-electron chi connectivity index (χ1n) is 3.87. The third kappa shape index (κ3) is 1.43. The van der Waals surface area contributed by atoms with Crippen LogP contribution in [0, 0.1) is 0 Å². The summed E-state index contributed by atoms with van der Waals surface area (Å²) in [6.07, 6.45) is 1.75. The number of hydrogen-bond donors (Lipinski definition) is 1. The van der Waals surface area contributed by atoms with Gasteiger partial charge in [-0.1, -0.05) is 23.7 Å². The van der Waals surface area contributed by atoms with E-state index in [0.29, 0.717) is 0 Å². The zero-order chi connectivity index (χ0) is 8.39. The molecule has 1 aromatic rings. The van der Waals surface area contributed by atoms with Crippen LogP contribution < -0.4 is 5.32 Å². The molecule has 1 aromatic carbocycles. The summed E-state index contributed by atoms with van der Waals surface area (Å²) in [5, 5.41) is 3.83. The van der Waals surface area contributed by atoms with Crippen molar-refractivity contribution < 1.29 is 0 Å². The first kappa shape index (κ1) is 7.62. The second-order valence-electron chi connectivity index (χ2n) is 2.75. The summed E-state index contributed by atoms with van der Waals surface area (Å²) in [6, 6.07) is 8.08. The monoisotopic (exact) mass is 180 g/mol. The van der Waals surface area contributed by atoms with Crippen LogP contribution in [0.1, 0.15) is 11.6 Å². The number of halogens is 1. The Morgan fingerprint density at radius 1 is 1.33 bits per heavy atom. The van der Waals surface area contributed by atoms with Crippen LogP contribution in [0.5, 0.6) is 0 Å². The van der Waals surface area contributed by atoms with Crippen molar-refractivity contribution in [1.82, 2.24) is 5.32 Å². The Morgan fingerprint density at radius 3 is 2.67 bits per heavy atom. The van der Waals surface area contributed by atoms with Crippen LogP contribution in [0.25, 0.3) is 0 Å². The summed E-state index contributed by atoms with van der Waals surface area (Å²) in [6.45, 7) is 0.891. The Morgan fingerprint density at radius 2 is 2.08 bits per heavy atom. The zero-order valence-corrected chi connectivity index (χ0v) is 7.25. The molecule has 1 atom stereocenters. The van der Waals surface area contributed by atoms with E-state index in [0.717, 1.165) is 11.6 Å². The standard InChI is InChI=1S/C9H9ClN2/c10-8-3-1-7(2-4-8)9-5-11-6-12-9/h1-4,6,9H,5H2,(H,11,12). The van der Waals surface area contributed by atoms with Crippen LogP contribution in [0.3, 0.4) is 0 Å². The molecule has 0 fully saturated rings. The highest BCUT2D eigenvalue weighted by Crippen LogP contribution is 2.20. The SMILES string of the molecule is Clc1ccc(C2CNC=N2)cc1. The highest BCUT2D eigenvalue weighted by atomic mass is 35.5. The predicted octanol–water partition coefficient (Wildman–Crippen LogP) is 2.01. The molecule has 2 rings (SSSR count). The van der Waals surface area contributed by atoms with Gasteiger partial charge in [-0.3, -0.25) is 4.99 Å². The summed E-state index contributed by atoms with van der Waals surface area (Å²) in [7, 11) is 0. The number of nitrogens with one attached hydrogen (secondary N) is 1. The zero-order valence-electron chi connectivity index (χ0n) is 6.50. The van der Waals surface area contributed by atoms with Crippen LogP contribution in [-0.4, -0.2) is 12.9 Å². The molecule has 62 valence electrons. The molecule has 1 heterocycles. The summed E-state index contributed by atoms with van der Waals surface area (Å²) in [5.74, 6) is 0. The van der Waals surface area contributed by atoms with Gasteiger partial charge in [0.15, 0.2) is 0 Å². The maximum Gasteiger partial charge on any atom is 0.0938 e. The lowest BCUT2D eigenvalue weighted by molar-refractivity contribution is 0.752. The first-order valence-corrected chi connectivity index (χ1v) is 4.24. The molecule has 0 spiro atoms. The Balaban J connectivity index is 2.23. The molecule has 0 aromatic heterocycles. The highest BCUT2D eigenvalue weighted by molar-refractivity contribution is 6.30. The van der Waals surface area contributed by atoms with Crippen molar-refractivity contribution in [2.45, 2.75) is 6.04 Å². The molecule has 12 heavy (non-hydrogen) atoms. The van der Waals surface area contributed by atoms with Crippen molar-refractivity contribution in [2.24, 2.45) is 4.99 Å². The van der Waals surface area contributed by atoms with Gasteiger partial charge in [0.2, 0.25) is 0 Å². The number of benzene rings is 1. The molecule has 0 aliphatic carbocycles. The van der Waals surface area contributed by atoms with Crippen molar-refractivity contribution in [3.63, 3.8) is 0 Å². The lowest BCUT2D eigenvalue weighted by Crippen LogP contribution is -2.09. The van der Waals surface area contributed by atoms with E-state index in [1.807, 2.05) is 24.3 Å². The van der Waals surface area contributed by atoms with Gasteiger partial charge in [-0.15, -0.1) is 0 Å². The molecule has 1 N–H and O–H groups in total. The van der Waals surface area contributed by atoms with Crippen LogP contribution in [0.2, 0.25) is 5.02 Å². The Bertz CT molecular complexity index is 292. The van der Waals surface area contributed by atoms with Crippen molar-refractivity contribution in [2.75, 3.05) is 6.54 Å². The van der Waals surface area contributed by atoms with Crippen molar-refractivity contribution >= 4 is 17.9 Å². The van der Waals surface area contributed by atoms with Gasteiger partial charge >= 0.3 is 0 Å². The van der Waals surface area contributed by atoms with Gasteiger partial charge in [-0.05, 0) is 17.7 Å². The fourth-order valence-corrected chi connectivity index (χ4v) is 1.37. The third-order valence-corrected chi connectivity index (χ3v) is 2.16. The number of rotatable bonds is 1. The fourth-order valence-electron chi connectivity index (χ4n) is 1.25. The molecule has 2 nitrogen and oxygen atoms in total. The third-order valence-electron chi connectivity index (χ3n) is 1.91. The van der Waals surface area contributed by atoms with E-state index in [2.05, 4.69) is 10.3 Å². The Kier molecular flexibility index (Phi) is 2.00. The van der Waals surface area contributed by atoms with Crippen molar-refractivity contribution in [1.29, 1.82) is 0 Å². The number of nitrogens with zero attached hydrogens (tertiary/aromatic N) is 1. The van der Waals surface area contributed by atoms with E-state index in [4.69, 9.17) is 11.6 Å². The van der Waals surface area contributed by atoms with Crippen LogP contribution in [0.15, 0.2) is 29.3 Å². The maximum absolute atomic E-state index is 5.76. The van der Waals surface area contributed by atoms with E-state index >= 15 is 0 Å². The highest BCUT2D eigenvalue weighted by Gasteiger charge is 2.11. The lowest BCUT2D eigenvalue weighted by atomic mass is 10.1. The van der Waals surface area contributed by atoms with E-state index < -0.39 is 0 Å². The summed E-state index contributed by atoms with van der Waals surface area (Å²) in [5.41, 5.74) is 1.21. The molecule has 0 bridgehead atoms. The quantitative estimate of drug-likeness (QED) is 0.703. The van der Waals surface area contributed by atoms with Gasteiger partial charge in [-0.2, -0.15) is 0 Å². The summed E-state index contributed by atoms with van der Waals surface area (Å²) in [4.78, 5) is 4.26. The van der Waals surface area contributed by atoms with Gasteiger partial charge in [-0.25, -0.2) is 0 Å². The predicted molar refractivity (Wildman–Crippen MR) is 50.7 cm³/mol. The average Bonchev–Trinajstić information content (AvgIpc) is 2.58. The lowest BCUT2D eigenvalue weighted by Gasteiger charge is -2.05. The maximum atomic E-state index is 5.76. The van der Waals surface area contributed by atoms with E-state index in [-0.39, 0.29) is 6.04 Å². The molecule has 3 heteroatoms. The van der Waals surface area contributed by atoms with Crippen LogP contribution >= 0.6 is 11.6 Å². The normalized spacial score (nSPS) is 20.9. The van der Waals surface area contributed by atoms with Crippen molar-refractivity contribution in [3.05, 3.63) is 34.9 Å². The van der Waals surface area contributed by atoms with Gasteiger partial charge in [0, 0.05) is 11.6 Å². The minimum Gasteiger partial charge on any atom is -0.374 e. The second-order valence-corrected chi connectivity index (χ2v) is 3.19. The molecule has 1 aliphatic rings. The molecular formula is C9H9ClN2. The smallest absolute Gasteiger partial charge is 0.0938 e. The minimum atomic E-state index is 0.266. The Hall–Kier alpha value is -1.02. The van der Waals surface area contributed by atoms with Gasteiger partial charge < -0.3 is 5.32 Å². The molecule has 0 saturated heterocycles. The molecule has 1 unspecified atom stereocenters. The van der Waals surface area contributed by atoms with Crippen molar-refractivity contribution in [3.8, 4) is 0 Å². The van der Waals surface area contributed by atoms with Gasteiger partial charge in [0.25, 0.3) is 0 Å². The summed E-state index contributed by atoms with van der Waals surface area (Å²) < 4.78 is 0. The number of aliphatic imine (C=N–C) groups is 1. The fraction of sp³-hybridized carbons (Fsp3) is 0.222. The number of hydrogen-bond acceptors (Lipinski definition) is 2. The van der Waals surface area contributed by atoms with E-state index in [1.165, 1.54) is 5.56 Å². The Labute approximate surface area is 76.3 Å². The van der Waals surface area contributed by atoms with E-state index in [1.54, 1.807) is 6.34 Å². The van der Waals surface area contributed by atoms with Crippen LogP contribution in [0.4, 0.5) is 0 Å².